The van der Waals surface area contributed by atoms with E-state index in [0.29, 0.717) is 11.4 Å². The lowest BCUT2D eigenvalue weighted by Gasteiger charge is -2.20. The molecule has 0 spiro atoms. The molecule has 5 rings (SSSR count). The summed E-state index contributed by atoms with van der Waals surface area (Å²) in [5, 5.41) is 13.8. The van der Waals surface area contributed by atoms with Crippen LogP contribution in [0.25, 0.3) is 16.9 Å². The molecular weight excluding hydrogens is 456 g/mol. The van der Waals surface area contributed by atoms with Crippen molar-refractivity contribution in [2.45, 2.75) is 19.4 Å². The smallest absolute Gasteiger partial charge is 0.240 e. The zero-order valence-electron chi connectivity index (χ0n) is 18.1. The van der Waals surface area contributed by atoms with Crippen LogP contribution in [0.15, 0.2) is 77.3 Å². The molecule has 0 aliphatic carbocycles. The number of methoxy groups -OCH3 is 1. The van der Waals surface area contributed by atoms with E-state index in [9.17, 15) is 4.79 Å². The number of nitrogens with zero attached hydrogens (tertiary/aromatic N) is 4. The van der Waals surface area contributed by atoms with E-state index in [0.717, 1.165) is 38.8 Å². The summed E-state index contributed by atoms with van der Waals surface area (Å²) in [5.74, 6) is 0.659. The van der Waals surface area contributed by atoms with Crippen LogP contribution in [-0.4, -0.2) is 33.5 Å². The first-order chi connectivity index (χ1) is 16.0. The fraction of sp³-hybridized carbons (Fsp3) is 0.160. The normalized spacial score (nSPS) is 15.5. The minimum atomic E-state index is -0.260. The van der Waals surface area contributed by atoms with E-state index in [-0.39, 0.29) is 11.9 Å². The molecule has 0 radical (unpaired) electrons. The number of amides is 1. The fourth-order valence-electron chi connectivity index (χ4n) is 3.99. The Labute approximate surface area is 200 Å². The molecule has 6 nitrogen and oxygen atoms in total. The van der Waals surface area contributed by atoms with Crippen LogP contribution in [0.2, 0.25) is 5.02 Å². The summed E-state index contributed by atoms with van der Waals surface area (Å²) in [6.07, 6.45) is 2.59. The van der Waals surface area contributed by atoms with Crippen LogP contribution in [-0.2, 0) is 4.79 Å². The van der Waals surface area contributed by atoms with Crippen LogP contribution >= 0.6 is 22.9 Å². The van der Waals surface area contributed by atoms with E-state index in [1.54, 1.807) is 30.4 Å². The number of carbonyl (C=O) groups excluding carboxylic acids is 1. The first kappa shape index (κ1) is 21.4. The third-order valence-corrected chi connectivity index (χ3v) is 6.73. The van der Waals surface area contributed by atoms with Gasteiger partial charge in [-0.2, -0.15) is 10.2 Å². The molecule has 8 heteroatoms. The fourth-order valence-corrected chi connectivity index (χ4v) is 4.90. The van der Waals surface area contributed by atoms with Gasteiger partial charge in [0, 0.05) is 35.7 Å². The van der Waals surface area contributed by atoms with E-state index >= 15 is 0 Å². The van der Waals surface area contributed by atoms with E-state index < -0.39 is 0 Å². The summed E-state index contributed by atoms with van der Waals surface area (Å²) >= 11 is 7.86. The van der Waals surface area contributed by atoms with Crippen molar-refractivity contribution in [3.05, 3.63) is 87.7 Å². The minimum absolute atomic E-state index is 0.109. The molecule has 0 N–H and O–H groups in total. The number of hydrogen-bond acceptors (Lipinski definition) is 5. The SMILES string of the molecule is COc1ccc(-c2nn(-c3cccc(Cl)c3)cc2C2CC(c3cccs3)=NN2C(C)=O)cc1. The highest BCUT2D eigenvalue weighted by atomic mass is 35.5. The van der Waals surface area contributed by atoms with E-state index in [1.165, 1.54) is 0 Å². The highest BCUT2D eigenvalue weighted by Crippen LogP contribution is 2.39. The van der Waals surface area contributed by atoms with Crippen molar-refractivity contribution in [3.8, 4) is 22.7 Å². The molecule has 1 unspecified atom stereocenters. The van der Waals surface area contributed by atoms with Gasteiger partial charge in [0.15, 0.2) is 0 Å². The van der Waals surface area contributed by atoms with Crippen molar-refractivity contribution in [1.29, 1.82) is 0 Å². The standard InChI is InChI=1S/C25H21ClN4O2S/c1-16(31)30-23(14-22(27-30)24-7-4-12-33-24)21-15-29(19-6-3-5-18(26)13-19)28-25(21)17-8-10-20(32-2)11-9-17/h3-13,15,23H,14H2,1-2H3. The van der Waals surface area contributed by atoms with Gasteiger partial charge in [-0.15, -0.1) is 11.3 Å². The predicted molar refractivity (Wildman–Crippen MR) is 131 cm³/mol. The maximum Gasteiger partial charge on any atom is 0.240 e. The average Bonchev–Trinajstić information content (AvgIpc) is 3.58. The molecule has 1 atom stereocenters. The molecule has 2 aromatic carbocycles. The van der Waals surface area contributed by atoms with Gasteiger partial charge >= 0.3 is 0 Å². The van der Waals surface area contributed by atoms with Gasteiger partial charge in [-0.05, 0) is 53.9 Å². The second-order valence-corrected chi connectivity index (χ2v) is 9.08. The maximum atomic E-state index is 12.6. The number of ether oxygens (including phenoxy) is 1. The Kier molecular flexibility index (Phi) is 5.74. The van der Waals surface area contributed by atoms with Gasteiger partial charge in [-0.25, -0.2) is 9.69 Å². The largest absolute Gasteiger partial charge is 0.497 e. The van der Waals surface area contributed by atoms with Crippen LogP contribution in [0.3, 0.4) is 0 Å². The molecule has 33 heavy (non-hydrogen) atoms. The summed E-state index contributed by atoms with van der Waals surface area (Å²) in [4.78, 5) is 13.6. The predicted octanol–water partition coefficient (Wildman–Crippen LogP) is 5.96. The number of hydrogen-bond donors (Lipinski definition) is 0. The summed E-state index contributed by atoms with van der Waals surface area (Å²) in [7, 11) is 1.64. The Balaban J connectivity index is 1.62. The monoisotopic (exact) mass is 476 g/mol. The van der Waals surface area contributed by atoms with Gasteiger partial charge < -0.3 is 4.74 Å². The second kappa shape index (κ2) is 8.84. The van der Waals surface area contributed by atoms with Gasteiger partial charge in [0.05, 0.1) is 35.1 Å². The summed E-state index contributed by atoms with van der Waals surface area (Å²) in [5.41, 5.74) is 4.39. The zero-order valence-corrected chi connectivity index (χ0v) is 19.7. The van der Waals surface area contributed by atoms with Crippen LogP contribution in [0.5, 0.6) is 5.75 Å². The van der Waals surface area contributed by atoms with Gasteiger partial charge in [0.2, 0.25) is 5.91 Å². The Morgan fingerprint density at radius 2 is 1.97 bits per heavy atom. The van der Waals surface area contributed by atoms with Crippen molar-refractivity contribution in [1.82, 2.24) is 14.8 Å². The number of halogens is 1. The number of thiophene rings is 1. The first-order valence-electron chi connectivity index (χ1n) is 10.4. The molecule has 0 bridgehead atoms. The third-order valence-electron chi connectivity index (χ3n) is 5.58. The average molecular weight is 477 g/mol. The number of hydrazone groups is 1. The third kappa shape index (κ3) is 4.17. The number of aromatic nitrogens is 2. The van der Waals surface area contributed by atoms with Gasteiger partial charge in [0.1, 0.15) is 5.75 Å². The van der Waals surface area contributed by atoms with Gasteiger partial charge in [-0.1, -0.05) is 23.7 Å². The molecule has 1 amide bonds. The number of rotatable bonds is 5. The topological polar surface area (TPSA) is 59.7 Å². The molecule has 1 aliphatic heterocycles. The molecule has 4 aromatic rings. The van der Waals surface area contributed by atoms with Gasteiger partial charge in [0.25, 0.3) is 0 Å². The van der Waals surface area contributed by atoms with E-state index in [4.69, 9.17) is 21.4 Å². The van der Waals surface area contributed by atoms with Crippen molar-refractivity contribution >= 4 is 34.6 Å². The highest BCUT2D eigenvalue weighted by molar-refractivity contribution is 7.12. The summed E-state index contributed by atoms with van der Waals surface area (Å²) < 4.78 is 7.12. The lowest BCUT2D eigenvalue weighted by molar-refractivity contribution is -0.130. The van der Waals surface area contributed by atoms with Crippen molar-refractivity contribution in [2.75, 3.05) is 7.11 Å². The molecule has 0 saturated heterocycles. The molecule has 2 aromatic heterocycles. The number of carbonyl (C=O) groups is 1. The van der Waals surface area contributed by atoms with Crippen LogP contribution < -0.4 is 4.74 Å². The quantitative estimate of drug-likeness (QED) is 0.357. The molecule has 3 heterocycles. The lowest BCUT2D eigenvalue weighted by Crippen LogP contribution is -2.24. The summed E-state index contributed by atoms with van der Waals surface area (Å²) in [6, 6.07) is 19.1. The Hall–Kier alpha value is -3.42. The second-order valence-electron chi connectivity index (χ2n) is 7.69. The highest BCUT2D eigenvalue weighted by Gasteiger charge is 2.35. The van der Waals surface area contributed by atoms with E-state index in [1.807, 2.05) is 76.9 Å². The molecule has 166 valence electrons. The van der Waals surface area contributed by atoms with Crippen LogP contribution in [0.1, 0.15) is 29.8 Å². The first-order valence-corrected chi connectivity index (χ1v) is 11.7. The van der Waals surface area contributed by atoms with Crippen LogP contribution in [0, 0.1) is 0 Å². The van der Waals surface area contributed by atoms with Crippen molar-refractivity contribution < 1.29 is 9.53 Å². The summed E-state index contributed by atoms with van der Waals surface area (Å²) in [6.45, 7) is 1.54. The van der Waals surface area contributed by atoms with Crippen molar-refractivity contribution in [2.24, 2.45) is 5.10 Å². The zero-order chi connectivity index (χ0) is 22.9. The lowest BCUT2D eigenvalue weighted by atomic mass is 9.98. The van der Waals surface area contributed by atoms with Crippen LogP contribution in [0.4, 0.5) is 0 Å². The number of benzene rings is 2. The minimum Gasteiger partial charge on any atom is -0.497 e. The van der Waals surface area contributed by atoms with E-state index in [2.05, 4.69) is 5.10 Å². The molecule has 1 aliphatic rings. The van der Waals surface area contributed by atoms with Crippen molar-refractivity contribution in [3.63, 3.8) is 0 Å². The Morgan fingerprint density at radius 1 is 1.15 bits per heavy atom. The molecule has 0 saturated carbocycles. The van der Waals surface area contributed by atoms with Gasteiger partial charge in [-0.3, -0.25) is 4.79 Å². The Bertz CT molecular complexity index is 1330. The molecule has 0 fully saturated rings. The Morgan fingerprint density at radius 3 is 2.64 bits per heavy atom. The maximum absolute atomic E-state index is 12.6. The molecular formula is C25H21ClN4O2S.